The quantitative estimate of drug-likeness (QED) is 0.368. The first-order chi connectivity index (χ1) is 17.8. The Morgan fingerprint density at radius 3 is 2.27 bits per heavy atom. The van der Waals surface area contributed by atoms with Crippen molar-refractivity contribution in [2.24, 2.45) is 0 Å². The zero-order valence-corrected chi connectivity index (χ0v) is 22.4. The van der Waals surface area contributed by atoms with Crippen molar-refractivity contribution in [1.82, 2.24) is 5.32 Å². The van der Waals surface area contributed by atoms with Gasteiger partial charge in [-0.1, -0.05) is 36.4 Å². The molecule has 0 spiro atoms. The summed E-state index contributed by atoms with van der Waals surface area (Å²) in [6.07, 6.45) is 4.23. The van der Waals surface area contributed by atoms with Crippen LogP contribution in [-0.2, 0) is 16.0 Å². The van der Waals surface area contributed by atoms with E-state index < -0.39 is 11.6 Å². The number of amides is 1. The summed E-state index contributed by atoms with van der Waals surface area (Å²) >= 11 is 0. The highest BCUT2D eigenvalue weighted by Crippen LogP contribution is 2.30. The van der Waals surface area contributed by atoms with E-state index in [0.29, 0.717) is 18.8 Å². The minimum Gasteiger partial charge on any atom is -0.476 e. The fourth-order valence-electron chi connectivity index (χ4n) is 4.85. The highest BCUT2D eigenvalue weighted by Gasteiger charge is 2.31. The van der Waals surface area contributed by atoms with Gasteiger partial charge in [0.2, 0.25) is 0 Å². The van der Waals surface area contributed by atoms with Crippen LogP contribution in [0, 0.1) is 0 Å². The number of benzene rings is 3. The van der Waals surface area contributed by atoms with Crippen molar-refractivity contribution in [3.8, 4) is 5.75 Å². The van der Waals surface area contributed by atoms with Crippen molar-refractivity contribution < 1.29 is 19.1 Å². The summed E-state index contributed by atoms with van der Waals surface area (Å²) in [5.74, 6) is 0.156. The molecule has 1 saturated heterocycles. The first kappa shape index (κ1) is 26.5. The van der Waals surface area contributed by atoms with E-state index in [-0.39, 0.29) is 11.9 Å². The van der Waals surface area contributed by atoms with Gasteiger partial charge in [0.25, 0.3) is 5.91 Å². The molecule has 0 aromatic heterocycles. The normalized spacial score (nSPS) is 14.8. The first-order valence-electron chi connectivity index (χ1n) is 13.3. The minimum absolute atomic E-state index is 0.0463. The molecular formula is C31H38N2O4. The van der Waals surface area contributed by atoms with Gasteiger partial charge in [0.1, 0.15) is 5.75 Å². The number of anilines is 1. The third kappa shape index (κ3) is 6.62. The number of nitrogens with one attached hydrogen (secondary N) is 1. The Morgan fingerprint density at radius 2 is 1.62 bits per heavy atom. The van der Waals surface area contributed by atoms with Gasteiger partial charge in [-0.05, 0) is 94.0 Å². The summed E-state index contributed by atoms with van der Waals surface area (Å²) in [6.45, 7) is 9.46. The SMILES string of the molecule is CCOC(=O)C(C)(C)Oc1ccc(CC(C)NC(=O)c2cc3ccccc3cc2N2CCCCC2)cc1. The molecule has 37 heavy (non-hydrogen) atoms. The summed E-state index contributed by atoms with van der Waals surface area (Å²) in [6, 6.07) is 20.0. The molecule has 3 aromatic rings. The molecule has 1 heterocycles. The number of fused-ring (bicyclic) bond motifs is 1. The Hall–Kier alpha value is -3.54. The topological polar surface area (TPSA) is 67.9 Å². The molecule has 0 bridgehead atoms. The molecule has 6 nitrogen and oxygen atoms in total. The van der Waals surface area contributed by atoms with E-state index in [4.69, 9.17) is 9.47 Å². The average molecular weight is 503 g/mol. The highest BCUT2D eigenvalue weighted by molar-refractivity contribution is 6.04. The summed E-state index contributed by atoms with van der Waals surface area (Å²) in [5, 5.41) is 5.44. The van der Waals surface area contributed by atoms with Crippen LogP contribution >= 0.6 is 0 Å². The van der Waals surface area contributed by atoms with E-state index in [1.807, 2.05) is 49.4 Å². The van der Waals surface area contributed by atoms with E-state index in [1.165, 1.54) is 6.42 Å². The molecule has 1 N–H and O–H groups in total. The maximum absolute atomic E-state index is 13.5. The standard InChI is InChI=1S/C31H38N2O4/c1-5-36-30(35)31(3,4)37-26-15-13-23(14-16-26)19-22(2)32-29(34)27-20-24-11-7-8-12-25(24)21-28(27)33-17-9-6-10-18-33/h7-8,11-16,20-22H,5-6,9-10,17-19H2,1-4H3,(H,32,34). The van der Waals surface area contributed by atoms with Crippen molar-refractivity contribution >= 4 is 28.3 Å². The van der Waals surface area contributed by atoms with Crippen molar-refractivity contribution in [3.63, 3.8) is 0 Å². The Kier molecular flexibility index (Phi) is 8.37. The number of carbonyl (C=O) groups is 2. The smallest absolute Gasteiger partial charge is 0.349 e. The number of piperidine rings is 1. The lowest BCUT2D eigenvalue weighted by molar-refractivity contribution is -0.158. The number of nitrogens with zero attached hydrogens (tertiary/aromatic N) is 1. The number of esters is 1. The number of hydrogen-bond acceptors (Lipinski definition) is 5. The van der Waals surface area contributed by atoms with E-state index in [2.05, 4.69) is 28.4 Å². The molecule has 6 heteroatoms. The fourth-order valence-corrected chi connectivity index (χ4v) is 4.85. The molecule has 1 fully saturated rings. The fraction of sp³-hybridized carbons (Fsp3) is 0.419. The number of rotatable bonds is 9. The molecule has 1 amide bonds. The first-order valence-corrected chi connectivity index (χ1v) is 13.3. The maximum Gasteiger partial charge on any atom is 0.349 e. The zero-order chi connectivity index (χ0) is 26.4. The van der Waals surface area contributed by atoms with Crippen LogP contribution in [0.15, 0.2) is 60.7 Å². The Labute approximate surface area is 219 Å². The van der Waals surface area contributed by atoms with Crippen molar-refractivity contribution in [1.29, 1.82) is 0 Å². The van der Waals surface area contributed by atoms with Gasteiger partial charge < -0.3 is 19.7 Å². The van der Waals surface area contributed by atoms with Crippen LogP contribution < -0.4 is 15.0 Å². The second-order valence-electron chi connectivity index (χ2n) is 10.3. The lowest BCUT2D eigenvalue weighted by Gasteiger charge is -2.31. The Balaban J connectivity index is 1.44. The summed E-state index contributed by atoms with van der Waals surface area (Å²) in [4.78, 5) is 27.9. The number of ether oxygens (including phenoxy) is 2. The monoisotopic (exact) mass is 502 g/mol. The molecule has 0 saturated carbocycles. The van der Waals surface area contributed by atoms with E-state index >= 15 is 0 Å². The van der Waals surface area contributed by atoms with Crippen LogP contribution in [0.1, 0.15) is 62.9 Å². The van der Waals surface area contributed by atoms with Crippen molar-refractivity contribution in [3.05, 3.63) is 71.8 Å². The number of carbonyl (C=O) groups excluding carboxylic acids is 2. The van der Waals surface area contributed by atoms with E-state index in [0.717, 1.165) is 53.5 Å². The molecule has 1 aliphatic rings. The Morgan fingerprint density at radius 1 is 0.973 bits per heavy atom. The lowest BCUT2D eigenvalue weighted by Crippen LogP contribution is -2.39. The second kappa shape index (κ2) is 11.7. The highest BCUT2D eigenvalue weighted by atomic mass is 16.6. The number of hydrogen-bond donors (Lipinski definition) is 1. The third-order valence-electron chi connectivity index (χ3n) is 6.79. The molecule has 1 atom stereocenters. The van der Waals surface area contributed by atoms with E-state index in [1.54, 1.807) is 20.8 Å². The molecule has 3 aromatic carbocycles. The van der Waals surface area contributed by atoms with Crippen molar-refractivity contribution in [2.45, 2.75) is 65.0 Å². The van der Waals surface area contributed by atoms with Gasteiger partial charge in [-0.3, -0.25) is 4.79 Å². The predicted molar refractivity (Wildman–Crippen MR) is 148 cm³/mol. The third-order valence-corrected chi connectivity index (χ3v) is 6.79. The van der Waals surface area contributed by atoms with Crippen LogP contribution in [0.3, 0.4) is 0 Å². The Bertz CT molecular complexity index is 1230. The van der Waals surface area contributed by atoms with Gasteiger partial charge >= 0.3 is 5.97 Å². The van der Waals surface area contributed by atoms with Crippen LogP contribution in [0.25, 0.3) is 10.8 Å². The molecule has 4 rings (SSSR count). The second-order valence-corrected chi connectivity index (χ2v) is 10.3. The molecule has 0 aliphatic carbocycles. The maximum atomic E-state index is 13.5. The van der Waals surface area contributed by atoms with Gasteiger partial charge in [-0.25, -0.2) is 4.79 Å². The average Bonchev–Trinajstić information content (AvgIpc) is 2.89. The molecule has 196 valence electrons. The van der Waals surface area contributed by atoms with E-state index in [9.17, 15) is 9.59 Å². The molecular weight excluding hydrogens is 464 g/mol. The largest absolute Gasteiger partial charge is 0.476 e. The van der Waals surface area contributed by atoms with Crippen molar-refractivity contribution in [2.75, 3.05) is 24.6 Å². The van der Waals surface area contributed by atoms with Gasteiger partial charge in [-0.15, -0.1) is 0 Å². The molecule has 0 radical (unpaired) electrons. The molecule has 1 aliphatic heterocycles. The zero-order valence-electron chi connectivity index (χ0n) is 22.4. The minimum atomic E-state index is -1.06. The van der Waals surface area contributed by atoms with Gasteiger partial charge in [-0.2, -0.15) is 0 Å². The van der Waals surface area contributed by atoms with Crippen LogP contribution in [0.5, 0.6) is 5.75 Å². The van der Waals surface area contributed by atoms with Gasteiger partial charge in [0.05, 0.1) is 17.9 Å². The summed E-state index contributed by atoms with van der Waals surface area (Å²) in [7, 11) is 0. The van der Waals surface area contributed by atoms with Gasteiger partial charge in [0, 0.05) is 19.1 Å². The van der Waals surface area contributed by atoms with Crippen LogP contribution in [0.4, 0.5) is 5.69 Å². The lowest BCUT2D eigenvalue weighted by atomic mass is 10.0. The van der Waals surface area contributed by atoms with Gasteiger partial charge in [0.15, 0.2) is 5.60 Å². The van der Waals surface area contributed by atoms with Crippen LogP contribution in [0.2, 0.25) is 0 Å². The summed E-state index contributed by atoms with van der Waals surface area (Å²) in [5.41, 5.74) is 1.76. The van der Waals surface area contributed by atoms with Crippen LogP contribution in [-0.4, -0.2) is 43.2 Å². The predicted octanol–water partition coefficient (Wildman–Crippen LogP) is 5.91. The summed E-state index contributed by atoms with van der Waals surface area (Å²) < 4.78 is 10.9. The molecule has 1 unspecified atom stereocenters.